The molecule has 1 aromatic carbocycles. The van der Waals surface area contributed by atoms with Crippen LogP contribution in [0.25, 0.3) is 0 Å². The number of hydrogen-bond donors (Lipinski definition) is 1. The van der Waals surface area contributed by atoms with E-state index in [2.05, 4.69) is 16.4 Å². The number of hydrogen-bond acceptors (Lipinski definition) is 2. The molecule has 0 saturated heterocycles. The lowest BCUT2D eigenvalue weighted by Crippen LogP contribution is -1.92. The van der Waals surface area contributed by atoms with Crippen LogP contribution in [0.2, 0.25) is 5.02 Å². The van der Waals surface area contributed by atoms with Gasteiger partial charge >= 0.3 is 0 Å². The molecule has 0 amide bonds. The van der Waals surface area contributed by atoms with Crippen molar-refractivity contribution in [2.75, 3.05) is 5.32 Å². The zero-order valence-electron chi connectivity index (χ0n) is 7.37. The molecule has 0 aliphatic carbocycles. The van der Waals surface area contributed by atoms with E-state index in [0.29, 0.717) is 10.8 Å². The normalized spacial score (nSPS) is 9.79. The molecular weight excluding hydrogens is 196 g/mol. The van der Waals surface area contributed by atoms with E-state index in [0.717, 1.165) is 5.69 Å². The average molecular weight is 204 g/mol. The van der Waals surface area contributed by atoms with Crippen LogP contribution in [-0.2, 0) is 0 Å². The van der Waals surface area contributed by atoms with E-state index >= 15 is 0 Å². The molecule has 1 N–H and O–H groups in total. The Kier molecular flexibility index (Phi) is 2.65. The monoisotopic (exact) mass is 203 g/mol. The standard InChI is InChI=1S/C11H8ClN2/c12-9-4-3-5-10(8-9)14-11-6-1-2-7-13-11/h1-5,7-8H,(H,13,14). The van der Waals surface area contributed by atoms with Gasteiger partial charge in [-0.25, -0.2) is 4.98 Å². The second-order valence-electron chi connectivity index (χ2n) is 2.77. The van der Waals surface area contributed by atoms with Crippen molar-refractivity contribution < 1.29 is 0 Å². The van der Waals surface area contributed by atoms with Gasteiger partial charge in [-0.05, 0) is 30.3 Å². The van der Waals surface area contributed by atoms with Crippen LogP contribution in [0.1, 0.15) is 0 Å². The zero-order valence-corrected chi connectivity index (χ0v) is 8.12. The molecule has 3 heteroatoms. The molecule has 0 spiro atoms. The Morgan fingerprint density at radius 3 is 2.93 bits per heavy atom. The molecule has 0 unspecified atom stereocenters. The first kappa shape index (κ1) is 9.03. The van der Waals surface area contributed by atoms with Crippen molar-refractivity contribution in [1.82, 2.24) is 4.98 Å². The summed E-state index contributed by atoms with van der Waals surface area (Å²) in [7, 11) is 0. The average Bonchev–Trinajstić information content (AvgIpc) is 2.19. The van der Waals surface area contributed by atoms with Crippen molar-refractivity contribution in [3.63, 3.8) is 0 Å². The molecule has 1 heterocycles. The quantitative estimate of drug-likeness (QED) is 0.810. The lowest BCUT2D eigenvalue weighted by Gasteiger charge is -2.04. The Labute approximate surface area is 87.6 Å². The molecule has 14 heavy (non-hydrogen) atoms. The fourth-order valence-electron chi connectivity index (χ4n) is 1.10. The number of aromatic nitrogens is 1. The summed E-state index contributed by atoms with van der Waals surface area (Å²) in [5.74, 6) is 0.690. The van der Waals surface area contributed by atoms with Crippen LogP contribution in [-0.4, -0.2) is 4.98 Å². The van der Waals surface area contributed by atoms with Crippen molar-refractivity contribution in [1.29, 1.82) is 0 Å². The van der Waals surface area contributed by atoms with Gasteiger partial charge in [-0.15, -0.1) is 0 Å². The highest BCUT2D eigenvalue weighted by atomic mass is 35.5. The molecule has 0 saturated carbocycles. The van der Waals surface area contributed by atoms with Crippen LogP contribution in [0.3, 0.4) is 0 Å². The van der Waals surface area contributed by atoms with Crippen molar-refractivity contribution in [2.45, 2.75) is 0 Å². The summed E-state index contributed by atoms with van der Waals surface area (Å²) in [6.45, 7) is 0. The van der Waals surface area contributed by atoms with Gasteiger partial charge in [0.1, 0.15) is 5.82 Å². The van der Waals surface area contributed by atoms with Gasteiger partial charge in [0, 0.05) is 23.0 Å². The van der Waals surface area contributed by atoms with Crippen molar-refractivity contribution in [3.05, 3.63) is 53.7 Å². The van der Waals surface area contributed by atoms with Crippen LogP contribution in [0.5, 0.6) is 0 Å². The molecule has 0 aliphatic rings. The summed E-state index contributed by atoms with van der Waals surface area (Å²) in [5, 5.41) is 3.79. The van der Waals surface area contributed by atoms with Gasteiger partial charge in [-0.1, -0.05) is 17.7 Å². The molecule has 69 valence electrons. The van der Waals surface area contributed by atoms with E-state index in [1.165, 1.54) is 0 Å². The first-order valence-electron chi connectivity index (χ1n) is 4.20. The minimum Gasteiger partial charge on any atom is -0.340 e. The first-order chi connectivity index (χ1) is 6.84. The van der Waals surface area contributed by atoms with Crippen LogP contribution in [0, 0.1) is 6.07 Å². The van der Waals surface area contributed by atoms with Gasteiger partial charge in [0.05, 0.1) is 0 Å². The van der Waals surface area contributed by atoms with Gasteiger partial charge in [0.2, 0.25) is 0 Å². The first-order valence-corrected chi connectivity index (χ1v) is 4.58. The molecule has 0 aliphatic heterocycles. The number of halogens is 1. The minimum atomic E-state index is 0.690. The highest BCUT2D eigenvalue weighted by molar-refractivity contribution is 6.30. The molecule has 2 rings (SSSR count). The van der Waals surface area contributed by atoms with Crippen molar-refractivity contribution in [2.24, 2.45) is 0 Å². The van der Waals surface area contributed by atoms with Gasteiger partial charge in [-0.2, -0.15) is 0 Å². The number of benzene rings is 1. The van der Waals surface area contributed by atoms with Gasteiger partial charge in [-0.3, -0.25) is 0 Å². The largest absolute Gasteiger partial charge is 0.340 e. The summed E-state index contributed by atoms with van der Waals surface area (Å²) in [6.07, 6.45) is 1.71. The number of nitrogens with one attached hydrogen (secondary N) is 1. The Bertz CT molecular complexity index is 415. The van der Waals surface area contributed by atoms with Crippen molar-refractivity contribution in [3.8, 4) is 0 Å². The van der Waals surface area contributed by atoms with Gasteiger partial charge < -0.3 is 5.32 Å². The number of nitrogens with zero attached hydrogens (tertiary/aromatic N) is 1. The van der Waals surface area contributed by atoms with E-state index in [4.69, 9.17) is 11.6 Å². The molecule has 2 aromatic rings. The second-order valence-corrected chi connectivity index (χ2v) is 3.20. The number of anilines is 2. The van der Waals surface area contributed by atoms with Crippen LogP contribution >= 0.6 is 11.6 Å². The maximum absolute atomic E-state index is 5.84. The molecule has 1 aromatic heterocycles. The third-order valence-electron chi connectivity index (χ3n) is 1.69. The molecule has 1 radical (unpaired) electrons. The fourth-order valence-corrected chi connectivity index (χ4v) is 1.29. The Morgan fingerprint density at radius 2 is 2.21 bits per heavy atom. The van der Waals surface area contributed by atoms with Crippen LogP contribution < -0.4 is 5.32 Å². The Balaban J connectivity index is 2.19. The SMILES string of the molecule is Clc1cccc(Nc2[c]cccn2)c1. The summed E-state index contributed by atoms with van der Waals surface area (Å²) in [6, 6.07) is 14.1. The lowest BCUT2D eigenvalue weighted by atomic mass is 10.3. The predicted octanol–water partition coefficient (Wildman–Crippen LogP) is 3.28. The van der Waals surface area contributed by atoms with Gasteiger partial charge in [0.25, 0.3) is 0 Å². The van der Waals surface area contributed by atoms with Crippen molar-refractivity contribution >= 4 is 23.1 Å². The van der Waals surface area contributed by atoms with E-state index in [-0.39, 0.29) is 0 Å². The number of pyridine rings is 1. The summed E-state index contributed by atoms with van der Waals surface area (Å²) >= 11 is 5.84. The van der Waals surface area contributed by atoms with Crippen LogP contribution in [0.4, 0.5) is 11.5 Å². The lowest BCUT2D eigenvalue weighted by molar-refractivity contribution is 1.30. The highest BCUT2D eigenvalue weighted by Crippen LogP contribution is 2.17. The molecule has 0 bridgehead atoms. The van der Waals surface area contributed by atoms with E-state index in [1.54, 1.807) is 12.3 Å². The van der Waals surface area contributed by atoms with Gasteiger partial charge in [0.15, 0.2) is 0 Å². The fraction of sp³-hybridized carbons (Fsp3) is 0. The highest BCUT2D eigenvalue weighted by Gasteiger charge is 1.95. The van der Waals surface area contributed by atoms with E-state index in [1.807, 2.05) is 30.3 Å². The summed E-state index contributed by atoms with van der Waals surface area (Å²) in [4.78, 5) is 4.09. The molecular formula is C11H8ClN2. The van der Waals surface area contributed by atoms with E-state index < -0.39 is 0 Å². The molecule has 0 fully saturated rings. The summed E-state index contributed by atoms with van der Waals surface area (Å²) in [5.41, 5.74) is 0.910. The molecule has 0 atom stereocenters. The maximum Gasteiger partial charge on any atom is 0.138 e. The summed E-state index contributed by atoms with van der Waals surface area (Å²) < 4.78 is 0. The Hall–Kier alpha value is -1.54. The smallest absolute Gasteiger partial charge is 0.138 e. The van der Waals surface area contributed by atoms with E-state index in [9.17, 15) is 0 Å². The second kappa shape index (κ2) is 4.11. The zero-order chi connectivity index (χ0) is 9.80. The third-order valence-corrected chi connectivity index (χ3v) is 1.93. The predicted molar refractivity (Wildman–Crippen MR) is 57.8 cm³/mol. The minimum absolute atomic E-state index is 0.690. The van der Waals surface area contributed by atoms with Crippen LogP contribution in [0.15, 0.2) is 42.6 Å². The maximum atomic E-state index is 5.84. The Morgan fingerprint density at radius 1 is 1.29 bits per heavy atom. The topological polar surface area (TPSA) is 24.9 Å². The third kappa shape index (κ3) is 2.24. The molecule has 2 nitrogen and oxygen atoms in total. The number of rotatable bonds is 2.